The molecule has 5 fully saturated rings. The number of amides is 1. The second-order valence-electron chi connectivity index (χ2n) is 11.3. The Morgan fingerprint density at radius 3 is 2.24 bits per heavy atom. The highest BCUT2D eigenvalue weighted by atomic mass is 16.4. The highest BCUT2D eigenvalue weighted by Gasteiger charge is 2.49. The Balaban J connectivity index is 0.000000821. The fourth-order valence-electron chi connectivity index (χ4n) is 7.36. The summed E-state index contributed by atoms with van der Waals surface area (Å²) in [7, 11) is 0. The standard InChI is InChI=1S/C23H35N5O2.CH2O2/c1-23(2,3)28(22(29)30)17-4-5-27(12-17)19-11-18(25-21(24)26-19)20-15-7-13-6-14(9-15)10-16(20)8-13;2-1-3/h11,13-17,20H,4-10,12H2,1-3H3,(H,29,30)(H2,24,25,26);1H,(H,2,3). The van der Waals surface area contributed by atoms with Crippen molar-refractivity contribution < 1.29 is 19.8 Å². The average molecular weight is 460 g/mol. The van der Waals surface area contributed by atoms with Gasteiger partial charge in [0.2, 0.25) is 5.95 Å². The summed E-state index contributed by atoms with van der Waals surface area (Å²) in [4.78, 5) is 33.3. The Bertz CT molecular complexity index is 858. The number of rotatable bonds is 3. The van der Waals surface area contributed by atoms with E-state index in [0.717, 1.165) is 48.1 Å². The molecular weight excluding hydrogens is 422 g/mol. The van der Waals surface area contributed by atoms with E-state index in [9.17, 15) is 9.90 Å². The normalized spacial score (nSPS) is 32.3. The number of nitrogens with two attached hydrogens (primary N) is 1. The lowest BCUT2D eigenvalue weighted by atomic mass is 9.51. The van der Waals surface area contributed by atoms with Crippen LogP contribution >= 0.6 is 0 Å². The molecule has 9 heteroatoms. The maximum Gasteiger partial charge on any atom is 0.408 e. The lowest BCUT2D eigenvalue weighted by Gasteiger charge is -2.54. The first-order chi connectivity index (χ1) is 15.6. The minimum Gasteiger partial charge on any atom is -0.483 e. The SMILES string of the molecule is CC(C)(C)N(C(=O)O)C1CCN(c2cc(C3C4CC5CC(C4)CC3C5)nc(N)n2)C1.O=CO. The van der Waals surface area contributed by atoms with Crippen molar-refractivity contribution in [3.8, 4) is 0 Å². The first-order valence-corrected chi connectivity index (χ1v) is 12.1. The summed E-state index contributed by atoms with van der Waals surface area (Å²) in [5.74, 6) is 5.10. The van der Waals surface area contributed by atoms with Gasteiger partial charge in [-0.1, -0.05) is 0 Å². The first kappa shape index (κ1) is 23.6. The van der Waals surface area contributed by atoms with Crippen molar-refractivity contribution in [3.63, 3.8) is 0 Å². The van der Waals surface area contributed by atoms with Crippen LogP contribution < -0.4 is 10.6 Å². The third kappa shape index (κ3) is 4.73. The molecule has 182 valence electrons. The molecule has 6 rings (SSSR count). The van der Waals surface area contributed by atoms with Gasteiger partial charge in [-0.25, -0.2) is 9.78 Å². The van der Waals surface area contributed by atoms with Crippen LogP contribution in [0.1, 0.15) is 70.9 Å². The van der Waals surface area contributed by atoms with Gasteiger partial charge in [-0.2, -0.15) is 4.98 Å². The van der Waals surface area contributed by atoms with E-state index in [1.807, 2.05) is 20.8 Å². The van der Waals surface area contributed by atoms with Crippen LogP contribution in [0, 0.1) is 23.7 Å². The van der Waals surface area contributed by atoms with E-state index >= 15 is 0 Å². The fourth-order valence-corrected chi connectivity index (χ4v) is 7.36. The van der Waals surface area contributed by atoms with Crippen LogP contribution in [0.15, 0.2) is 6.07 Å². The van der Waals surface area contributed by atoms with Crippen molar-refractivity contribution >= 4 is 24.3 Å². The van der Waals surface area contributed by atoms with E-state index in [4.69, 9.17) is 20.6 Å². The summed E-state index contributed by atoms with van der Waals surface area (Å²) in [5.41, 5.74) is 6.88. The zero-order valence-corrected chi connectivity index (χ0v) is 19.9. The molecule has 1 amide bonds. The molecule has 1 aromatic heterocycles. The van der Waals surface area contributed by atoms with Gasteiger partial charge in [-0.05, 0) is 83.0 Å². The monoisotopic (exact) mass is 459 g/mol. The summed E-state index contributed by atoms with van der Waals surface area (Å²) in [6.45, 7) is 7.06. The Kier molecular flexibility index (Phi) is 6.42. The second kappa shape index (κ2) is 8.99. The molecule has 1 atom stereocenters. The van der Waals surface area contributed by atoms with Crippen LogP contribution in [0.2, 0.25) is 0 Å². The molecule has 33 heavy (non-hydrogen) atoms. The van der Waals surface area contributed by atoms with Gasteiger partial charge < -0.3 is 20.8 Å². The van der Waals surface area contributed by atoms with E-state index in [2.05, 4.69) is 16.0 Å². The minimum absolute atomic E-state index is 0.0386. The molecule has 9 nitrogen and oxygen atoms in total. The quantitative estimate of drug-likeness (QED) is 0.583. The molecule has 0 spiro atoms. The fraction of sp³-hybridized carbons (Fsp3) is 0.750. The van der Waals surface area contributed by atoms with Crippen molar-refractivity contribution in [1.29, 1.82) is 0 Å². The van der Waals surface area contributed by atoms with Gasteiger partial charge in [0.05, 0.1) is 11.7 Å². The molecule has 4 aliphatic carbocycles. The number of aromatic nitrogens is 2. The van der Waals surface area contributed by atoms with Gasteiger partial charge >= 0.3 is 6.09 Å². The van der Waals surface area contributed by atoms with Crippen LogP contribution in [-0.4, -0.2) is 62.3 Å². The number of carbonyl (C=O) groups is 2. The van der Waals surface area contributed by atoms with Gasteiger partial charge in [0, 0.05) is 30.6 Å². The van der Waals surface area contributed by atoms with Crippen molar-refractivity contribution in [1.82, 2.24) is 14.9 Å². The lowest BCUT2D eigenvalue weighted by molar-refractivity contribution is -0.122. The topological polar surface area (TPSA) is 133 Å². The highest BCUT2D eigenvalue weighted by Crippen LogP contribution is 2.59. The molecule has 5 aliphatic rings. The van der Waals surface area contributed by atoms with E-state index in [0.29, 0.717) is 18.4 Å². The second-order valence-corrected chi connectivity index (χ2v) is 11.3. The maximum absolute atomic E-state index is 11.9. The highest BCUT2D eigenvalue weighted by molar-refractivity contribution is 5.67. The minimum atomic E-state index is -0.856. The Morgan fingerprint density at radius 2 is 1.73 bits per heavy atom. The number of carboxylic acid groups (broad SMARTS) is 2. The molecule has 1 saturated heterocycles. The molecule has 1 unspecified atom stereocenters. The molecule has 0 radical (unpaired) electrons. The summed E-state index contributed by atoms with van der Waals surface area (Å²) in [6.07, 6.45) is 6.79. The van der Waals surface area contributed by atoms with Crippen molar-refractivity contribution in [3.05, 3.63) is 11.8 Å². The van der Waals surface area contributed by atoms with E-state index in [1.54, 1.807) is 4.90 Å². The van der Waals surface area contributed by atoms with E-state index in [-0.39, 0.29) is 12.5 Å². The third-order valence-electron chi connectivity index (χ3n) is 8.10. The Hall–Kier alpha value is -2.58. The molecule has 1 aromatic rings. The van der Waals surface area contributed by atoms with Crippen molar-refractivity contribution in [2.24, 2.45) is 23.7 Å². The Morgan fingerprint density at radius 1 is 1.15 bits per heavy atom. The van der Waals surface area contributed by atoms with Gasteiger partial charge in [0.15, 0.2) is 0 Å². The summed E-state index contributed by atoms with van der Waals surface area (Å²) >= 11 is 0. The van der Waals surface area contributed by atoms with Gasteiger partial charge in [-0.3, -0.25) is 9.69 Å². The third-order valence-corrected chi connectivity index (χ3v) is 8.10. The van der Waals surface area contributed by atoms with Crippen molar-refractivity contribution in [2.45, 2.75) is 76.8 Å². The molecule has 4 N–H and O–H groups in total. The summed E-state index contributed by atoms with van der Waals surface area (Å²) in [5, 5.41) is 16.7. The zero-order valence-electron chi connectivity index (χ0n) is 19.9. The molecular formula is C24H37N5O4. The molecule has 0 aromatic carbocycles. The van der Waals surface area contributed by atoms with Crippen LogP contribution in [-0.2, 0) is 4.79 Å². The van der Waals surface area contributed by atoms with Crippen LogP contribution in [0.25, 0.3) is 0 Å². The smallest absolute Gasteiger partial charge is 0.408 e. The number of hydrogen-bond acceptors (Lipinski definition) is 6. The largest absolute Gasteiger partial charge is 0.483 e. The Labute approximate surface area is 195 Å². The first-order valence-electron chi connectivity index (χ1n) is 12.1. The van der Waals surface area contributed by atoms with Crippen LogP contribution in [0.5, 0.6) is 0 Å². The van der Waals surface area contributed by atoms with Gasteiger partial charge in [0.25, 0.3) is 6.47 Å². The number of hydrogen-bond donors (Lipinski definition) is 3. The number of nitrogen functional groups attached to an aromatic ring is 1. The lowest BCUT2D eigenvalue weighted by Crippen LogP contribution is -2.52. The van der Waals surface area contributed by atoms with Crippen LogP contribution in [0.4, 0.5) is 16.6 Å². The predicted molar refractivity (Wildman–Crippen MR) is 125 cm³/mol. The molecule has 2 heterocycles. The molecule has 1 aliphatic heterocycles. The van der Waals surface area contributed by atoms with Gasteiger partial charge in [0.1, 0.15) is 5.82 Å². The predicted octanol–water partition coefficient (Wildman–Crippen LogP) is 3.66. The summed E-state index contributed by atoms with van der Waals surface area (Å²) in [6, 6.07) is 2.12. The van der Waals surface area contributed by atoms with Gasteiger partial charge in [-0.15, -0.1) is 0 Å². The molecule has 4 saturated carbocycles. The molecule has 4 bridgehead atoms. The van der Waals surface area contributed by atoms with E-state index < -0.39 is 11.6 Å². The summed E-state index contributed by atoms with van der Waals surface area (Å²) < 4.78 is 0. The van der Waals surface area contributed by atoms with Crippen molar-refractivity contribution in [2.75, 3.05) is 23.7 Å². The maximum atomic E-state index is 11.9. The number of anilines is 2. The number of nitrogens with zero attached hydrogens (tertiary/aromatic N) is 4. The van der Waals surface area contributed by atoms with Crippen LogP contribution in [0.3, 0.4) is 0 Å². The van der Waals surface area contributed by atoms with E-state index in [1.165, 1.54) is 32.1 Å². The zero-order chi connectivity index (χ0) is 23.9. The average Bonchev–Trinajstić information content (AvgIpc) is 3.15.